The van der Waals surface area contributed by atoms with Gasteiger partial charge in [0.05, 0.1) is 5.92 Å². The van der Waals surface area contributed by atoms with E-state index in [1.54, 1.807) is 12.1 Å². The zero-order chi connectivity index (χ0) is 15.2. The Labute approximate surface area is 127 Å². The summed E-state index contributed by atoms with van der Waals surface area (Å²) in [7, 11) is 0. The van der Waals surface area contributed by atoms with Crippen molar-refractivity contribution in [1.82, 2.24) is 5.32 Å². The van der Waals surface area contributed by atoms with Crippen LogP contribution >= 0.6 is 11.6 Å². The molecule has 0 unspecified atom stereocenters. The van der Waals surface area contributed by atoms with Crippen LogP contribution in [-0.4, -0.2) is 11.9 Å². The number of amides is 3. The van der Waals surface area contributed by atoms with Crippen LogP contribution in [0.15, 0.2) is 54.6 Å². The molecule has 0 saturated carbocycles. The van der Waals surface area contributed by atoms with Crippen molar-refractivity contribution in [1.29, 1.82) is 0 Å². The number of carbonyl (C=O) groups excluding carboxylic acids is 2. The number of hydrogen-bond acceptors (Lipinski definition) is 2. The third kappa shape index (κ3) is 4.33. The van der Waals surface area contributed by atoms with E-state index in [1.807, 2.05) is 42.5 Å². The minimum absolute atomic E-state index is 0.413. The number of carbonyl (C=O) groups is 2. The quantitative estimate of drug-likeness (QED) is 0.911. The van der Waals surface area contributed by atoms with Gasteiger partial charge in [-0.3, -0.25) is 10.1 Å². The number of nitrogens with one attached hydrogen (secondary N) is 1. The summed E-state index contributed by atoms with van der Waals surface area (Å²) in [4.78, 5) is 23.1. The second-order valence-electron chi connectivity index (χ2n) is 4.65. The second-order valence-corrected chi connectivity index (χ2v) is 5.08. The fraction of sp³-hybridized carbons (Fsp3) is 0.125. The molecule has 21 heavy (non-hydrogen) atoms. The molecule has 0 saturated heterocycles. The van der Waals surface area contributed by atoms with Gasteiger partial charge in [0.15, 0.2) is 0 Å². The number of imide groups is 1. The first-order valence-electron chi connectivity index (χ1n) is 6.46. The van der Waals surface area contributed by atoms with Crippen molar-refractivity contribution in [2.24, 2.45) is 5.73 Å². The van der Waals surface area contributed by atoms with Gasteiger partial charge in [-0.15, -0.1) is 0 Å². The lowest BCUT2D eigenvalue weighted by atomic mass is 9.91. The van der Waals surface area contributed by atoms with Crippen molar-refractivity contribution in [2.75, 3.05) is 0 Å². The van der Waals surface area contributed by atoms with E-state index in [-0.39, 0.29) is 0 Å². The predicted molar refractivity (Wildman–Crippen MR) is 82.1 cm³/mol. The van der Waals surface area contributed by atoms with Gasteiger partial charge in [0.2, 0.25) is 5.91 Å². The van der Waals surface area contributed by atoms with Crippen LogP contribution in [0.5, 0.6) is 0 Å². The van der Waals surface area contributed by atoms with E-state index in [2.05, 4.69) is 5.32 Å². The molecule has 0 aliphatic rings. The van der Waals surface area contributed by atoms with Crippen molar-refractivity contribution >= 4 is 23.5 Å². The normalized spacial score (nSPS) is 11.7. The standard InChI is InChI=1S/C16H15ClN2O2/c17-13-8-6-11(7-9-13)10-14(15(20)19-16(18)21)12-4-2-1-3-5-12/h1-9,14H,10H2,(H3,18,19,20,21)/t14-/m0/s1. The third-order valence-electron chi connectivity index (χ3n) is 3.12. The molecule has 108 valence electrons. The highest BCUT2D eigenvalue weighted by Gasteiger charge is 2.22. The zero-order valence-corrected chi connectivity index (χ0v) is 12.0. The average molecular weight is 303 g/mol. The SMILES string of the molecule is NC(=O)NC(=O)[C@@H](Cc1ccc(Cl)cc1)c1ccccc1. The van der Waals surface area contributed by atoms with Gasteiger partial charge in [0, 0.05) is 5.02 Å². The summed E-state index contributed by atoms with van der Waals surface area (Å²) in [5.74, 6) is -0.900. The summed E-state index contributed by atoms with van der Waals surface area (Å²) in [5, 5.41) is 2.78. The Hall–Kier alpha value is -2.33. The molecule has 0 spiro atoms. The van der Waals surface area contributed by atoms with E-state index < -0.39 is 17.9 Å². The summed E-state index contributed by atoms with van der Waals surface area (Å²) in [5.41, 5.74) is 6.81. The highest BCUT2D eigenvalue weighted by Crippen LogP contribution is 2.22. The lowest BCUT2D eigenvalue weighted by molar-refractivity contribution is -0.121. The van der Waals surface area contributed by atoms with Gasteiger partial charge in [0.25, 0.3) is 0 Å². The maximum absolute atomic E-state index is 12.2. The molecule has 0 aromatic heterocycles. The van der Waals surface area contributed by atoms with Crippen molar-refractivity contribution in [3.8, 4) is 0 Å². The van der Waals surface area contributed by atoms with Gasteiger partial charge in [-0.05, 0) is 29.7 Å². The summed E-state index contributed by atoms with van der Waals surface area (Å²) in [6, 6.07) is 15.7. The topological polar surface area (TPSA) is 72.2 Å². The van der Waals surface area contributed by atoms with Crippen LogP contribution in [0.1, 0.15) is 17.0 Å². The Kier molecular flexibility index (Phi) is 4.95. The van der Waals surface area contributed by atoms with Gasteiger partial charge < -0.3 is 5.73 Å². The Bertz CT molecular complexity index is 626. The van der Waals surface area contributed by atoms with Crippen LogP contribution in [0.25, 0.3) is 0 Å². The largest absolute Gasteiger partial charge is 0.351 e. The lowest BCUT2D eigenvalue weighted by Gasteiger charge is -2.16. The maximum Gasteiger partial charge on any atom is 0.318 e. The third-order valence-corrected chi connectivity index (χ3v) is 3.37. The molecule has 5 heteroatoms. The maximum atomic E-state index is 12.2. The first kappa shape index (κ1) is 15.1. The molecule has 2 aromatic carbocycles. The van der Waals surface area contributed by atoms with Gasteiger partial charge in [-0.2, -0.15) is 0 Å². The molecule has 3 amide bonds. The number of rotatable bonds is 4. The highest BCUT2D eigenvalue weighted by molar-refractivity contribution is 6.30. The number of urea groups is 1. The molecular formula is C16H15ClN2O2. The Morgan fingerprint density at radius 2 is 1.67 bits per heavy atom. The average Bonchev–Trinajstić information content (AvgIpc) is 2.46. The first-order valence-corrected chi connectivity index (χ1v) is 6.84. The molecule has 2 rings (SSSR count). The number of halogens is 1. The van der Waals surface area contributed by atoms with Crippen molar-refractivity contribution in [2.45, 2.75) is 12.3 Å². The van der Waals surface area contributed by atoms with Crippen LogP contribution in [0.2, 0.25) is 5.02 Å². The number of benzene rings is 2. The fourth-order valence-corrected chi connectivity index (χ4v) is 2.24. The van der Waals surface area contributed by atoms with Gasteiger partial charge in [0.1, 0.15) is 0 Å². The highest BCUT2D eigenvalue weighted by atomic mass is 35.5. The van der Waals surface area contributed by atoms with Crippen LogP contribution in [0.4, 0.5) is 4.79 Å². The van der Waals surface area contributed by atoms with E-state index in [0.29, 0.717) is 11.4 Å². The van der Waals surface area contributed by atoms with Crippen molar-refractivity contribution < 1.29 is 9.59 Å². The molecule has 0 bridgehead atoms. The van der Waals surface area contributed by atoms with E-state index in [9.17, 15) is 9.59 Å². The molecule has 3 N–H and O–H groups in total. The zero-order valence-electron chi connectivity index (χ0n) is 11.3. The second kappa shape index (κ2) is 6.90. The van der Waals surface area contributed by atoms with Gasteiger partial charge >= 0.3 is 6.03 Å². The van der Waals surface area contributed by atoms with E-state index in [0.717, 1.165) is 11.1 Å². The minimum atomic E-state index is -0.850. The molecule has 2 aromatic rings. The lowest BCUT2D eigenvalue weighted by Crippen LogP contribution is -2.38. The monoisotopic (exact) mass is 302 g/mol. The van der Waals surface area contributed by atoms with Gasteiger partial charge in [-0.25, -0.2) is 4.79 Å². The van der Waals surface area contributed by atoms with E-state index >= 15 is 0 Å². The van der Waals surface area contributed by atoms with Crippen molar-refractivity contribution in [3.63, 3.8) is 0 Å². The van der Waals surface area contributed by atoms with Crippen LogP contribution in [0.3, 0.4) is 0 Å². The Balaban J connectivity index is 2.25. The van der Waals surface area contributed by atoms with Crippen LogP contribution in [-0.2, 0) is 11.2 Å². The number of hydrogen-bond donors (Lipinski definition) is 2. The minimum Gasteiger partial charge on any atom is -0.351 e. The Morgan fingerprint density at radius 3 is 2.24 bits per heavy atom. The summed E-state index contributed by atoms with van der Waals surface area (Å²) in [6.45, 7) is 0. The number of nitrogens with two attached hydrogens (primary N) is 1. The van der Waals surface area contributed by atoms with Crippen molar-refractivity contribution in [3.05, 3.63) is 70.7 Å². The molecular weight excluding hydrogens is 288 g/mol. The smallest absolute Gasteiger partial charge is 0.318 e. The first-order chi connectivity index (χ1) is 10.1. The Morgan fingerprint density at radius 1 is 1.05 bits per heavy atom. The molecule has 0 radical (unpaired) electrons. The molecule has 0 fully saturated rings. The summed E-state index contributed by atoms with van der Waals surface area (Å²) < 4.78 is 0. The summed E-state index contributed by atoms with van der Waals surface area (Å²) >= 11 is 5.86. The van der Waals surface area contributed by atoms with Gasteiger partial charge in [-0.1, -0.05) is 54.1 Å². The van der Waals surface area contributed by atoms with Crippen LogP contribution in [0, 0.1) is 0 Å². The molecule has 0 aliphatic carbocycles. The molecule has 0 aliphatic heterocycles. The molecule has 0 heterocycles. The van der Waals surface area contributed by atoms with E-state index in [4.69, 9.17) is 17.3 Å². The predicted octanol–water partition coefficient (Wildman–Crippen LogP) is 2.86. The fourth-order valence-electron chi connectivity index (χ4n) is 2.11. The molecule has 4 nitrogen and oxygen atoms in total. The van der Waals surface area contributed by atoms with Crippen LogP contribution < -0.4 is 11.1 Å². The number of primary amides is 1. The van der Waals surface area contributed by atoms with E-state index in [1.165, 1.54) is 0 Å². The summed E-state index contributed by atoms with van der Waals surface area (Å²) in [6.07, 6.45) is 0.459. The molecule has 1 atom stereocenters.